The Kier molecular flexibility index (Phi) is 5.06. The summed E-state index contributed by atoms with van der Waals surface area (Å²) in [5, 5.41) is 3.81. The van der Waals surface area contributed by atoms with Gasteiger partial charge in [-0.3, -0.25) is 4.79 Å². The molecule has 1 aromatic rings. The summed E-state index contributed by atoms with van der Waals surface area (Å²) in [5.41, 5.74) is 1.07. The Morgan fingerprint density at radius 3 is 2.50 bits per heavy atom. The van der Waals surface area contributed by atoms with Crippen LogP contribution in [0.15, 0.2) is 24.3 Å². The largest absolute Gasteiger partial charge is 0.381 e. The smallest absolute Gasteiger partial charge is 0.223 e. The fourth-order valence-electron chi connectivity index (χ4n) is 2.42. The zero-order chi connectivity index (χ0) is 14.6. The lowest BCUT2D eigenvalue weighted by molar-refractivity contribution is -0.128. The van der Waals surface area contributed by atoms with Gasteiger partial charge in [0.05, 0.1) is 0 Å². The topological polar surface area (TPSA) is 38.3 Å². The summed E-state index contributed by atoms with van der Waals surface area (Å²) >= 11 is 5.91. The summed E-state index contributed by atoms with van der Waals surface area (Å²) in [6.45, 7) is 6.27. The number of hydrogen-bond donors (Lipinski definition) is 1. The number of ether oxygens (including phenoxy) is 1. The highest BCUT2D eigenvalue weighted by atomic mass is 35.5. The molecular formula is C16H22ClNO2. The minimum Gasteiger partial charge on any atom is -0.381 e. The Labute approximate surface area is 125 Å². The summed E-state index contributed by atoms with van der Waals surface area (Å²) in [5.74, 6) is 0.250. The van der Waals surface area contributed by atoms with Crippen LogP contribution in [0, 0.1) is 5.92 Å². The molecule has 1 N–H and O–H groups in total. The van der Waals surface area contributed by atoms with Gasteiger partial charge in [-0.2, -0.15) is 0 Å². The van der Waals surface area contributed by atoms with Crippen molar-refractivity contribution in [3.8, 4) is 0 Å². The average molecular weight is 296 g/mol. The molecule has 0 bridgehead atoms. The number of carbonyl (C=O) groups excluding carboxylic acids is 1. The maximum atomic E-state index is 12.1. The molecule has 1 aromatic carbocycles. The van der Waals surface area contributed by atoms with Crippen LogP contribution in [-0.2, 0) is 14.9 Å². The summed E-state index contributed by atoms with van der Waals surface area (Å²) in [7, 11) is 0. The molecule has 0 radical (unpaired) electrons. The van der Waals surface area contributed by atoms with Gasteiger partial charge in [-0.05, 0) is 30.5 Å². The van der Waals surface area contributed by atoms with Crippen LogP contribution in [0.2, 0.25) is 5.02 Å². The Hall–Kier alpha value is -1.06. The van der Waals surface area contributed by atoms with Crippen molar-refractivity contribution < 1.29 is 9.53 Å². The van der Waals surface area contributed by atoms with E-state index in [2.05, 4.69) is 19.2 Å². The first kappa shape index (κ1) is 15.3. The van der Waals surface area contributed by atoms with Crippen LogP contribution in [0.4, 0.5) is 0 Å². The fourth-order valence-corrected chi connectivity index (χ4v) is 2.54. The van der Waals surface area contributed by atoms with Crippen LogP contribution in [-0.4, -0.2) is 25.7 Å². The van der Waals surface area contributed by atoms with Gasteiger partial charge < -0.3 is 10.1 Å². The van der Waals surface area contributed by atoms with Crippen molar-refractivity contribution in [2.24, 2.45) is 5.92 Å². The molecule has 0 aliphatic carbocycles. The van der Waals surface area contributed by atoms with E-state index in [0.717, 1.165) is 17.9 Å². The second kappa shape index (κ2) is 6.59. The van der Waals surface area contributed by atoms with Crippen molar-refractivity contribution in [3.05, 3.63) is 34.9 Å². The van der Waals surface area contributed by atoms with Gasteiger partial charge >= 0.3 is 0 Å². The monoisotopic (exact) mass is 295 g/mol. The molecule has 20 heavy (non-hydrogen) atoms. The summed E-state index contributed by atoms with van der Waals surface area (Å²) in [6, 6.07) is 7.81. The SMILES string of the molecule is CC(C)(CNC(=O)C1CCOCC1)c1ccc(Cl)cc1. The fraction of sp³-hybridized carbons (Fsp3) is 0.562. The first-order chi connectivity index (χ1) is 9.49. The van der Waals surface area contributed by atoms with Gasteiger partial charge in [-0.1, -0.05) is 37.6 Å². The molecule has 1 saturated heterocycles. The van der Waals surface area contributed by atoms with Gasteiger partial charge in [-0.25, -0.2) is 0 Å². The van der Waals surface area contributed by atoms with Crippen LogP contribution in [0.25, 0.3) is 0 Å². The van der Waals surface area contributed by atoms with Crippen LogP contribution < -0.4 is 5.32 Å². The molecule has 110 valence electrons. The summed E-state index contributed by atoms with van der Waals surface area (Å²) in [6.07, 6.45) is 1.65. The normalized spacial score (nSPS) is 16.9. The quantitative estimate of drug-likeness (QED) is 0.926. The van der Waals surface area contributed by atoms with E-state index in [1.165, 1.54) is 5.56 Å². The molecule has 0 saturated carbocycles. The Balaban J connectivity index is 1.91. The van der Waals surface area contributed by atoms with Crippen molar-refractivity contribution in [3.63, 3.8) is 0 Å². The van der Waals surface area contributed by atoms with Gasteiger partial charge in [0.25, 0.3) is 0 Å². The first-order valence-electron chi connectivity index (χ1n) is 7.10. The molecule has 0 unspecified atom stereocenters. The van der Waals surface area contributed by atoms with E-state index in [1.807, 2.05) is 24.3 Å². The van der Waals surface area contributed by atoms with Crippen LogP contribution in [0.3, 0.4) is 0 Å². The van der Waals surface area contributed by atoms with Crippen molar-refractivity contribution in [1.29, 1.82) is 0 Å². The van der Waals surface area contributed by atoms with Crippen molar-refractivity contribution >= 4 is 17.5 Å². The molecule has 0 spiro atoms. The van der Waals surface area contributed by atoms with Crippen molar-refractivity contribution in [2.75, 3.05) is 19.8 Å². The lowest BCUT2D eigenvalue weighted by atomic mass is 9.84. The average Bonchev–Trinajstić information content (AvgIpc) is 2.46. The third-order valence-electron chi connectivity index (χ3n) is 3.92. The standard InChI is InChI=1S/C16H22ClNO2/c1-16(2,13-3-5-14(17)6-4-13)11-18-15(19)12-7-9-20-10-8-12/h3-6,12H,7-11H2,1-2H3,(H,18,19). The van der Waals surface area contributed by atoms with Gasteiger partial charge in [0.1, 0.15) is 0 Å². The number of rotatable bonds is 4. The van der Waals surface area contributed by atoms with Crippen molar-refractivity contribution in [2.45, 2.75) is 32.1 Å². The Morgan fingerprint density at radius 1 is 1.30 bits per heavy atom. The van der Waals surface area contributed by atoms with E-state index in [-0.39, 0.29) is 17.2 Å². The Morgan fingerprint density at radius 2 is 1.90 bits per heavy atom. The highest BCUT2D eigenvalue weighted by Gasteiger charge is 2.25. The number of nitrogens with one attached hydrogen (secondary N) is 1. The molecule has 0 aromatic heterocycles. The molecular weight excluding hydrogens is 274 g/mol. The molecule has 1 fully saturated rings. The van der Waals surface area contributed by atoms with E-state index in [0.29, 0.717) is 19.8 Å². The van der Waals surface area contributed by atoms with Crippen molar-refractivity contribution in [1.82, 2.24) is 5.32 Å². The molecule has 2 rings (SSSR count). The first-order valence-corrected chi connectivity index (χ1v) is 7.48. The van der Waals surface area contributed by atoms with E-state index in [9.17, 15) is 4.79 Å². The third kappa shape index (κ3) is 3.97. The zero-order valence-corrected chi connectivity index (χ0v) is 12.9. The molecule has 3 nitrogen and oxygen atoms in total. The van der Waals surface area contributed by atoms with Gasteiger partial charge in [0.15, 0.2) is 0 Å². The predicted molar refractivity (Wildman–Crippen MR) is 81.0 cm³/mol. The maximum Gasteiger partial charge on any atom is 0.223 e. The molecule has 1 heterocycles. The molecule has 0 atom stereocenters. The van der Waals surface area contributed by atoms with E-state index in [1.54, 1.807) is 0 Å². The van der Waals surface area contributed by atoms with Crippen LogP contribution in [0.5, 0.6) is 0 Å². The van der Waals surface area contributed by atoms with Crippen LogP contribution in [0.1, 0.15) is 32.3 Å². The van der Waals surface area contributed by atoms with Gasteiger partial charge in [0.2, 0.25) is 5.91 Å². The second-order valence-corrected chi connectivity index (χ2v) is 6.43. The number of benzene rings is 1. The molecule has 1 amide bonds. The van der Waals surface area contributed by atoms with E-state index in [4.69, 9.17) is 16.3 Å². The number of carbonyl (C=O) groups is 1. The zero-order valence-electron chi connectivity index (χ0n) is 12.1. The maximum absolute atomic E-state index is 12.1. The number of hydrogen-bond acceptors (Lipinski definition) is 2. The number of halogens is 1. The Bertz CT molecular complexity index is 450. The van der Waals surface area contributed by atoms with Gasteiger partial charge in [0, 0.05) is 36.1 Å². The number of amides is 1. The highest BCUT2D eigenvalue weighted by Crippen LogP contribution is 2.24. The van der Waals surface area contributed by atoms with E-state index < -0.39 is 0 Å². The second-order valence-electron chi connectivity index (χ2n) is 6.00. The predicted octanol–water partition coefficient (Wildman–Crippen LogP) is 3.16. The third-order valence-corrected chi connectivity index (χ3v) is 4.17. The lowest BCUT2D eigenvalue weighted by Gasteiger charge is -2.28. The minimum atomic E-state index is -0.106. The van der Waals surface area contributed by atoms with E-state index >= 15 is 0 Å². The van der Waals surface area contributed by atoms with Crippen LogP contribution >= 0.6 is 11.6 Å². The summed E-state index contributed by atoms with van der Waals surface area (Å²) < 4.78 is 5.28. The van der Waals surface area contributed by atoms with Gasteiger partial charge in [-0.15, -0.1) is 0 Å². The summed E-state index contributed by atoms with van der Waals surface area (Å²) in [4.78, 5) is 12.1. The molecule has 1 aliphatic rings. The molecule has 1 aliphatic heterocycles. The highest BCUT2D eigenvalue weighted by molar-refractivity contribution is 6.30. The molecule has 4 heteroatoms. The lowest BCUT2D eigenvalue weighted by Crippen LogP contribution is -2.41. The minimum absolute atomic E-state index is 0.102.